The maximum absolute atomic E-state index is 13.1. The minimum Gasteiger partial charge on any atom is -0.463 e. The molecule has 0 unspecified atom stereocenters. The Morgan fingerprint density at radius 1 is 1.00 bits per heavy atom. The Hall–Kier alpha value is -4.59. The molecule has 0 bridgehead atoms. The highest BCUT2D eigenvalue weighted by molar-refractivity contribution is 6.05. The van der Waals surface area contributed by atoms with Gasteiger partial charge in [-0.15, -0.1) is 0 Å². The fourth-order valence-corrected chi connectivity index (χ4v) is 4.99. The summed E-state index contributed by atoms with van der Waals surface area (Å²) in [5.74, 6) is 0.407. The Bertz CT molecular complexity index is 1560. The van der Waals surface area contributed by atoms with E-state index < -0.39 is 0 Å². The van der Waals surface area contributed by atoms with Crippen molar-refractivity contribution in [2.24, 2.45) is 0 Å². The van der Waals surface area contributed by atoms with Gasteiger partial charge >= 0.3 is 6.03 Å². The fraction of sp³-hybridized carbons (Fsp3) is 0.207. The zero-order valence-electron chi connectivity index (χ0n) is 20.3. The lowest BCUT2D eigenvalue weighted by Crippen LogP contribution is -2.37. The van der Waals surface area contributed by atoms with Crippen LogP contribution in [0.4, 0.5) is 10.5 Å². The molecule has 0 aliphatic carbocycles. The Morgan fingerprint density at radius 2 is 1.81 bits per heavy atom. The van der Waals surface area contributed by atoms with Crippen molar-refractivity contribution in [3.63, 3.8) is 0 Å². The number of imidazole rings is 1. The molecule has 8 nitrogen and oxygen atoms in total. The van der Waals surface area contributed by atoms with Gasteiger partial charge in [0.25, 0.3) is 5.91 Å². The van der Waals surface area contributed by atoms with Crippen molar-refractivity contribution < 1.29 is 14.0 Å². The molecule has 2 aromatic carbocycles. The SMILES string of the molecule is O=C(NCc1ccn2ccnc2c1)Nc1ccc(C2CCN(C(=O)c3coc4ccccc34)CC2)cc1. The van der Waals surface area contributed by atoms with Crippen molar-refractivity contribution in [2.45, 2.75) is 25.3 Å². The average molecular weight is 494 g/mol. The van der Waals surface area contributed by atoms with Gasteiger partial charge in [-0.05, 0) is 60.2 Å². The zero-order chi connectivity index (χ0) is 25.2. The highest BCUT2D eigenvalue weighted by Gasteiger charge is 2.26. The molecule has 3 aromatic heterocycles. The number of anilines is 1. The van der Waals surface area contributed by atoms with Gasteiger partial charge in [0.05, 0.1) is 5.56 Å². The molecule has 2 N–H and O–H groups in total. The van der Waals surface area contributed by atoms with Crippen LogP contribution in [0.2, 0.25) is 0 Å². The van der Waals surface area contributed by atoms with Gasteiger partial charge in [-0.1, -0.05) is 30.3 Å². The quantitative estimate of drug-likeness (QED) is 0.342. The second kappa shape index (κ2) is 9.81. The molecule has 0 saturated carbocycles. The van der Waals surface area contributed by atoms with Gasteiger partial charge in [-0.25, -0.2) is 9.78 Å². The van der Waals surface area contributed by atoms with Crippen LogP contribution in [0.3, 0.4) is 0 Å². The summed E-state index contributed by atoms with van der Waals surface area (Å²) in [6.07, 6.45) is 8.92. The molecule has 0 radical (unpaired) electrons. The van der Waals surface area contributed by atoms with Crippen molar-refractivity contribution in [1.82, 2.24) is 19.6 Å². The van der Waals surface area contributed by atoms with Crippen LogP contribution in [0.5, 0.6) is 0 Å². The number of likely N-dealkylation sites (tertiary alicyclic amines) is 1. The summed E-state index contributed by atoms with van der Waals surface area (Å²) in [5, 5.41) is 6.64. The van der Waals surface area contributed by atoms with Crippen molar-refractivity contribution in [2.75, 3.05) is 18.4 Å². The molecule has 1 aliphatic rings. The molecule has 37 heavy (non-hydrogen) atoms. The lowest BCUT2D eigenvalue weighted by Gasteiger charge is -2.32. The van der Waals surface area contributed by atoms with Crippen LogP contribution in [0.25, 0.3) is 16.6 Å². The number of para-hydroxylation sites is 1. The van der Waals surface area contributed by atoms with Crippen LogP contribution in [-0.2, 0) is 6.54 Å². The van der Waals surface area contributed by atoms with E-state index in [0.29, 0.717) is 31.1 Å². The smallest absolute Gasteiger partial charge is 0.319 e. The van der Waals surface area contributed by atoms with Crippen molar-refractivity contribution in [3.8, 4) is 0 Å². The third kappa shape index (κ3) is 4.78. The second-order valence-electron chi connectivity index (χ2n) is 9.37. The third-order valence-corrected chi connectivity index (χ3v) is 7.05. The lowest BCUT2D eigenvalue weighted by atomic mass is 9.89. The topological polar surface area (TPSA) is 91.9 Å². The number of carbonyl (C=O) groups excluding carboxylic acids is 2. The first-order chi connectivity index (χ1) is 18.1. The highest BCUT2D eigenvalue weighted by Crippen LogP contribution is 2.30. The summed E-state index contributed by atoms with van der Waals surface area (Å²) >= 11 is 0. The lowest BCUT2D eigenvalue weighted by molar-refractivity contribution is 0.0714. The number of benzene rings is 2. The van der Waals surface area contributed by atoms with Crippen LogP contribution >= 0.6 is 0 Å². The Balaban J connectivity index is 1.01. The van der Waals surface area contributed by atoms with Gasteiger partial charge in [-0.2, -0.15) is 0 Å². The minimum absolute atomic E-state index is 0.0265. The van der Waals surface area contributed by atoms with E-state index in [1.807, 2.05) is 70.2 Å². The highest BCUT2D eigenvalue weighted by atomic mass is 16.3. The van der Waals surface area contributed by atoms with E-state index >= 15 is 0 Å². The molecule has 5 aromatic rings. The molecule has 186 valence electrons. The van der Waals surface area contributed by atoms with E-state index in [4.69, 9.17) is 4.42 Å². The van der Waals surface area contributed by atoms with E-state index in [2.05, 4.69) is 27.8 Å². The number of nitrogens with zero attached hydrogens (tertiary/aromatic N) is 3. The number of carbonyl (C=O) groups is 2. The molecule has 0 atom stereocenters. The molecule has 8 heteroatoms. The summed E-state index contributed by atoms with van der Waals surface area (Å²) in [7, 11) is 0. The number of urea groups is 1. The van der Waals surface area contributed by atoms with Crippen molar-refractivity contribution in [3.05, 3.63) is 102 Å². The second-order valence-corrected chi connectivity index (χ2v) is 9.37. The van der Waals surface area contributed by atoms with Gasteiger partial charge < -0.3 is 24.4 Å². The first-order valence-corrected chi connectivity index (χ1v) is 12.5. The fourth-order valence-electron chi connectivity index (χ4n) is 4.99. The number of rotatable bonds is 5. The molecular weight excluding hydrogens is 466 g/mol. The van der Waals surface area contributed by atoms with Crippen molar-refractivity contribution >= 4 is 34.2 Å². The van der Waals surface area contributed by atoms with Crippen molar-refractivity contribution in [1.29, 1.82) is 0 Å². The van der Waals surface area contributed by atoms with Gasteiger partial charge in [-0.3, -0.25) is 4.79 Å². The molecule has 1 fully saturated rings. The van der Waals surface area contributed by atoms with Gasteiger partial charge in [0, 0.05) is 49.3 Å². The monoisotopic (exact) mass is 493 g/mol. The number of nitrogens with one attached hydrogen (secondary N) is 2. The molecule has 6 rings (SSSR count). The predicted molar refractivity (Wildman–Crippen MR) is 142 cm³/mol. The van der Waals surface area contributed by atoms with Gasteiger partial charge in [0.1, 0.15) is 17.5 Å². The van der Waals surface area contributed by atoms with E-state index in [1.165, 1.54) is 5.56 Å². The molecule has 3 amide bonds. The van der Waals surface area contributed by atoms with E-state index in [1.54, 1.807) is 12.5 Å². The molecule has 4 heterocycles. The van der Waals surface area contributed by atoms with Crippen LogP contribution in [0, 0.1) is 0 Å². The molecule has 1 aliphatic heterocycles. The van der Waals surface area contributed by atoms with Crippen LogP contribution in [0.15, 0.2) is 89.9 Å². The summed E-state index contributed by atoms with van der Waals surface area (Å²) in [6.45, 7) is 1.82. The maximum atomic E-state index is 13.1. The zero-order valence-corrected chi connectivity index (χ0v) is 20.3. The summed E-state index contributed by atoms with van der Waals surface area (Å²) < 4.78 is 7.48. The number of fused-ring (bicyclic) bond motifs is 2. The number of piperidine rings is 1. The summed E-state index contributed by atoms with van der Waals surface area (Å²) in [4.78, 5) is 31.6. The largest absolute Gasteiger partial charge is 0.463 e. The number of amides is 3. The summed E-state index contributed by atoms with van der Waals surface area (Å²) in [5.41, 5.74) is 5.16. The first-order valence-electron chi connectivity index (χ1n) is 12.5. The Morgan fingerprint density at radius 3 is 2.65 bits per heavy atom. The minimum atomic E-state index is -0.255. The van der Waals surface area contributed by atoms with E-state index in [-0.39, 0.29) is 11.9 Å². The Labute approximate surface area is 213 Å². The summed E-state index contributed by atoms with van der Waals surface area (Å²) in [6, 6.07) is 19.3. The maximum Gasteiger partial charge on any atom is 0.319 e. The number of aromatic nitrogens is 2. The van der Waals surface area contributed by atoms with E-state index in [0.717, 1.165) is 40.7 Å². The van der Waals surface area contributed by atoms with Gasteiger partial charge in [0.15, 0.2) is 0 Å². The standard InChI is InChI=1S/C29H27N5O3/c35-28(25-19-37-26-4-2-1-3-24(25)26)34-14-10-22(11-15-34)21-5-7-23(8-6-21)32-29(36)31-18-20-9-13-33-16-12-30-27(33)17-20/h1-9,12-13,16-17,19,22H,10-11,14-15,18H2,(H2,31,32,36). The van der Waals surface area contributed by atoms with E-state index in [9.17, 15) is 9.59 Å². The average Bonchev–Trinajstić information content (AvgIpc) is 3.59. The molecule has 0 spiro atoms. The number of hydrogen-bond donors (Lipinski definition) is 2. The number of furan rings is 1. The molecule has 1 saturated heterocycles. The number of pyridine rings is 1. The third-order valence-electron chi connectivity index (χ3n) is 7.05. The van der Waals surface area contributed by atoms with Crippen LogP contribution in [-0.4, -0.2) is 39.3 Å². The Kier molecular flexibility index (Phi) is 6.06. The molecular formula is C29H27N5O3. The first kappa shape index (κ1) is 22.8. The number of hydrogen-bond acceptors (Lipinski definition) is 4. The van der Waals surface area contributed by atoms with Crippen LogP contribution in [0.1, 0.15) is 40.2 Å². The normalized spacial score (nSPS) is 14.2. The van der Waals surface area contributed by atoms with Crippen LogP contribution < -0.4 is 10.6 Å². The van der Waals surface area contributed by atoms with Gasteiger partial charge in [0.2, 0.25) is 0 Å². The predicted octanol–water partition coefficient (Wildman–Crippen LogP) is 5.42.